The van der Waals surface area contributed by atoms with Crippen molar-refractivity contribution in [2.24, 2.45) is 0 Å². The first kappa shape index (κ1) is 15.5. The molecule has 3 aromatic rings. The summed E-state index contributed by atoms with van der Waals surface area (Å²) in [6.07, 6.45) is 6.90. The predicted molar refractivity (Wildman–Crippen MR) is 89.0 cm³/mol. The molecule has 3 heterocycles. The molecule has 3 rings (SSSR count). The van der Waals surface area contributed by atoms with Gasteiger partial charge in [0.05, 0.1) is 0 Å². The van der Waals surface area contributed by atoms with Gasteiger partial charge in [-0.15, -0.1) is 10.2 Å². The SMILES string of the molecule is O=C(NCc1cccnc1)c1ccc(NCc2cccnc2)nn1. The Morgan fingerprint density at radius 1 is 0.875 bits per heavy atom. The Kier molecular flexibility index (Phi) is 5.03. The number of anilines is 1. The Morgan fingerprint density at radius 2 is 1.58 bits per heavy atom. The molecule has 0 bridgehead atoms. The molecule has 0 radical (unpaired) electrons. The van der Waals surface area contributed by atoms with Gasteiger partial charge in [-0.05, 0) is 35.4 Å². The summed E-state index contributed by atoms with van der Waals surface area (Å²) in [5.41, 5.74) is 2.23. The highest BCUT2D eigenvalue weighted by Gasteiger charge is 2.08. The molecule has 0 spiro atoms. The van der Waals surface area contributed by atoms with Gasteiger partial charge in [0.15, 0.2) is 5.69 Å². The highest BCUT2D eigenvalue weighted by atomic mass is 16.1. The van der Waals surface area contributed by atoms with Crippen molar-refractivity contribution in [1.82, 2.24) is 25.5 Å². The minimum Gasteiger partial charge on any atom is -0.364 e. The molecule has 2 N–H and O–H groups in total. The molecule has 0 atom stereocenters. The number of hydrogen-bond acceptors (Lipinski definition) is 6. The molecule has 0 unspecified atom stereocenters. The zero-order chi connectivity index (χ0) is 16.6. The molecule has 0 fully saturated rings. The second kappa shape index (κ2) is 7.77. The first-order chi connectivity index (χ1) is 11.8. The standard InChI is InChI=1S/C17H16N6O/c24-17(21-12-14-4-2-8-19-10-14)15-5-6-16(23-22-15)20-11-13-3-1-7-18-9-13/h1-10H,11-12H2,(H,20,23)(H,21,24). The van der Waals surface area contributed by atoms with E-state index in [1.807, 2.05) is 24.3 Å². The Bertz CT molecular complexity index is 777. The molecule has 0 aliphatic rings. The van der Waals surface area contributed by atoms with Crippen LogP contribution in [0.5, 0.6) is 0 Å². The van der Waals surface area contributed by atoms with Crippen molar-refractivity contribution in [3.05, 3.63) is 78.0 Å². The highest BCUT2D eigenvalue weighted by molar-refractivity contribution is 5.92. The Labute approximate surface area is 139 Å². The normalized spacial score (nSPS) is 10.2. The molecule has 3 aromatic heterocycles. The summed E-state index contributed by atoms with van der Waals surface area (Å²) < 4.78 is 0. The Morgan fingerprint density at radius 3 is 2.17 bits per heavy atom. The molecule has 7 nitrogen and oxygen atoms in total. The zero-order valence-electron chi connectivity index (χ0n) is 12.9. The molecule has 0 aliphatic heterocycles. The first-order valence-electron chi connectivity index (χ1n) is 7.45. The lowest BCUT2D eigenvalue weighted by Gasteiger charge is -2.06. The van der Waals surface area contributed by atoms with Crippen LogP contribution < -0.4 is 10.6 Å². The van der Waals surface area contributed by atoms with Gasteiger partial charge in [0.1, 0.15) is 5.82 Å². The van der Waals surface area contributed by atoms with Crippen molar-refractivity contribution in [3.8, 4) is 0 Å². The molecular weight excluding hydrogens is 304 g/mol. The van der Waals surface area contributed by atoms with Crippen LogP contribution in [0.2, 0.25) is 0 Å². The van der Waals surface area contributed by atoms with E-state index in [0.717, 1.165) is 11.1 Å². The summed E-state index contributed by atoms with van der Waals surface area (Å²) in [6, 6.07) is 10.9. The second-order valence-corrected chi connectivity index (χ2v) is 5.06. The largest absolute Gasteiger partial charge is 0.364 e. The van der Waals surface area contributed by atoms with Crippen LogP contribution in [0.15, 0.2) is 61.2 Å². The number of rotatable bonds is 6. The fraction of sp³-hybridized carbons (Fsp3) is 0.118. The van der Waals surface area contributed by atoms with E-state index in [2.05, 4.69) is 30.8 Å². The van der Waals surface area contributed by atoms with Gasteiger partial charge >= 0.3 is 0 Å². The van der Waals surface area contributed by atoms with Gasteiger partial charge in [-0.25, -0.2) is 0 Å². The van der Waals surface area contributed by atoms with E-state index < -0.39 is 0 Å². The molecular formula is C17H16N6O. The van der Waals surface area contributed by atoms with Crippen molar-refractivity contribution in [2.75, 3.05) is 5.32 Å². The second-order valence-electron chi connectivity index (χ2n) is 5.06. The summed E-state index contributed by atoms with van der Waals surface area (Å²) in [5, 5.41) is 13.9. The topological polar surface area (TPSA) is 92.7 Å². The van der Waals surface area contributed by atoms with E-state index >= 15 is 0 Å². The smallest absolute Gasteiger partial charge is 0.272 e. The number of nitrogens with one attached hydrogen (secondary N) is 2. The van der Waals surface area contributed by atoms with Crippen LogP contribution in [0.3, 0.4) is 0 Å². The molecule has 0 aliphatic carbocycles. The molecule has 0 aromatic carbocycles. The Balaban J connectivity index is 1.53. The van der Waals surface area contributed by atoms with Gasteiger partial charge < -0.3 is 10.6 Å². The van der Waals surface area contributed by atoms with Crippen LogP contribution >= 0.6 is 0 Å². The summed E-state index contributed by atoms with van der Waals surface area (Å²) >= 11 is 0. The minimum atomic E-state index is -0.273. The van der Waals surface area contributed by atoms with E-state index in [0.29, 0.717) is 18.9 Å². The van der Waals surface area contributed by atoms with E-state index in [4.69, 9.17) is 0 Å². The van der Waals surface area contributed by atoms with Crippen LogP contribution in [0.25, 0.3) is 0 Å². The minimum absolute atomic E-state index is 0.269. The lowest BCUT2D eigenvalue weighted by molar-refractivity contribution is 0.0945. The highest BCUT2D eigenvalue weighted by Crippen LogP contribution is 2.05. The number of amides is 1. The van der Waals surface area contributed by atoms with E-state index in [9.17, 15) is 4.79 Å². The van der Waals surface area contributed by atoms with E-state index in [1.165, 1.54) is 0 Å². The van der Waals surface area contributed by atoms with Gasteiger partial charge in [0.2, 0.25) is 0 Å². The number of aromatic nitrogens is 4. The fourth-order valence-corrected chi connectivity index (χ4v) is 2.02. The van der Waals surface area contributed by atoms with E-state index in [-0.39, 0.29) is 11.6 Å². The maximum Gasteiger partial charge on any atom is 0.272 e. The number of carbonyl (C=O) groups excluding carboxylic acids is 1. The Hall–Kier alpha value is -3.35. The van der Waals surface area contributed by atoms with Crippen molar-refractivity contribution in [3.63, 3.8) is 0 Å². The number of pyridine rings is 2. The van der Waals surface area contributed by atoms with Gasteiger partial charge in [-0.2, -0.15) is 0 Å². The monoisotopic (exact) mass is 320 g/mol. The third kappa shape index (κ3) is 4.33. The third-order valence-electron chi connectivity index (χ3n) is 3.27. The summed E-state index contributed by atoms with van der Waals surface area (Å²) in [7, 11) is 0. The maximum atomic E-state index is 12.0. The molecule has 24 heavy (non-hydrogen) atoms. The van der Waals surface area contributed by atoms with Gasteiger partial charge in [0.25, 0.3) is 5.91 Å². The van der Waals surface area contributed by atoms with Crippen molar-refractivity contribution >= 4 is 11.7 Å². The lowest BCUT2D eigenvalue weighted by Crippen LogP contribution is -2.24. The fourth-order valence-electron chi connectivity index (χ4n) is 2.02. The lowest BCUT2D eigenvalue weighted by atomic mass is 10.2. The van der Waals surface area contributed by atoms with Crippen molar-refractivity contribution in [1.29, 1.82) is 0 Å². The number of hydrogen-bond donors (Lipinski definition) is 2. The van der Waals surface area contributed by atoms with Crippen molar-refractivity contribution < 1.29 is 4.79 Å². The van der Waals surface area contributed by atoms with Crippen LogP contribution in [0, 0.1) is 0 Å². The quantitative estimate of drug-likeness (QED) is 0.719. The number of nitrogens with zero attached hydrogens (tertiary/aromatic N) is 4. The van der Waals surface area contributed by atoms with Gasteiger partial charge in [0, 0.05) is 37.9 Å². The summed E-state index contributed by atoms with van der Waals surface area (Å²) in [4.78, 5) is 20.1. The predicted octanol–water partition coefficient (Wildman–Crippen LogP) is 1.81. The molecule has 7 heteroatoms. The van der Waals surface area contributed by atoms with Crippen LogP contribution in [-0.4, -0.2) is 26.1 Å². The maximum absolute atomic E-state index is 12.0. The summed E-state index contributed by atoms with van der Waals surface area (Å²) in [5.74, 6) is 0.327. The third-order valence-corrected chi connectivity index (χ3v) is 3.27. The van der Waals surface area contributed by atoms with Gasteiger partial charge in [-0.1, -0.05) is 12.1 Å². The zero-order valence-corrected chi connectivity index (χ0v) is 12.9. The summed E-state index contributed by atoms with van der Waals surface area (Å²) in [6.45, 7) is 0.991. The van der Waals surface area contributed by atoms with Crippen LogP contribution in [0.4, 0.5) is 5.82 Å². The molecule has 120 valence electrons. The average molecular weight is 320 g/mol. The van der Waals surface area contributed by atoms with Crippen LogP contribution in [-0.2, 0) is 13.1 Å². The van der Waals surface area contributed by atoms with Crippen LogP contribution in [0.1, 0.15) is 21.6 Å². The van der Waals surface area contributed by atoms with E-state index in [1.54, 1.807) is 36.9 Å². The molecule has 0 saturated heterocycles. The molecule has 1 amide bonds. The first-order valence-corrected chi connectivity index (χ1v) is 7.45. The average Bonchev–Trinajstić information content (AvgIpc) is 2.66. The van der Waals surface area contributed by atoms with Crippen molar-refractivity contribution in [2.45, 2.75) is 13.1 Å². The van der Waals surface area contributed by atoms with Gasteiger partial charge in [-0.3, -0.25) is 14.8 Å². The molecule has 0 saturated carbocycles. The number of carbonyl (C=O) groups is 1.